The van der Waals surface area contributed by atoms with Crippen molar-refractivity contribution in [3.63, 3.8) is 0 Å². The average Bonchev–Trinajstić information content (AvgIpc) is 3.21. The molecule has 2 aromatic rings. The summed E-state index contributed by atoms with van der Waals surface area (Å²) in [6.07, 6.45) is 3.11. The molecule has 0 bridgehead atoms. The second-order valence-electron chi connectivity index (χ2n) is 9.90. The number of ketones is 1. The van der Waals surface area contributed by atoms with Crippen LogP contribution in [-0.4, -0.2) is 73.1 Å². The minimum atomic E-state index is -0.773. The van der Waals surface area contributed by atoms with Gasteiger partial charge in [-0.15, -0.1) is 0 Å². The highest BCUT2D eigenvalue weighted by atomic mass is 16.5. The molecule has 1 heterocycles. The number of unbranched alkanes of at least 4 members (excludes halogenated alkanes) is 2. The molecule has 2 aromatic carbocycles. The molecule has 0 saturated carbocycles. The van der Waals surface area contributed by atoms with Gasteiger partial charge in [0.25, 0.3) is 11.7 Å². The summed E-state index contributed by atoms with van der Waals surface area (Å²) in [4.78, 5) is 30.6. The normalized spacial score (nSPS) is 16.6. The highest BCUT2D eigenvalue weighted by Gasteiger charge is 2.46. The molecular formula is C32H44N2O6. The molecule has 1 amide bonds. The van der Waals surface area contributed by atoms with E-state index in [1.165, 1.54) is 0 Å². The van der Waals surface area contributed by atoms with Gasteiger partial charge in [0.2, 0.25) is 0 Å². The van der Waals surface area contributed by atoms with E-state index in [9.17, 15) is 14.7 Å². The SMILES string of the molecule is CCCCCOc1ccc(C2C(=C(O)c3ccc(OCC)c(C)c3)C(=O)C(=O)N2CCN(CC)CC)cc1OC. The number of nitrogens with zero attached hydrogens (tertiary/aromatic N) is 2. The Bertz CT molecular complexity index is 1200. The molecule has 1 N–H and O–H groups in total. The quantitative estimate of drug-likeness (QED) is 0.131. The van der Waals surface area contributed by atoms with Crippen molar-refractivity contribution in [1.29, 1.82) is 0 Å². The lowest BCUT2D eigenvalue weighted by Crippen LogP contribution is -2.38. The van der Waals surface area contributed by atoms with E-state index >= 15 is 0 Å². The summed E-state index contributed by atoms with van der Waals surface area (Å²) >= 11 is 0. The van der Waals surface area contributed by atoms with Crippen LogP contribution < -0.4 is 14.2 Å². The highest BCUT2D eigenvalue weighted by molar-refractivity contribution is 6.46. The number of ether oxygens (including phenoxy) is 3. The standard InChI is InChI=1S/C32H44N2O6/c1-7-11-12-19-40-26-16-13-23(21-27(26)38-6)29-28(30(35)24-14-15-25(39-10-4)22(5)20-24)31(36)32(37)34(29)18-17-33(8-2)9-3/h13-16,20-21,29,35H,7-12,17-19H2,1-6H3. The van der Waals surface area contributed by atoms with Crippen molar-refractivity contribution in [3.8, 4) is 17.2 Å². The number of amides is 1. The lowest BCUT2D eigenvalue weighted by atomic mass is 9.94. The van der Waals surface area contributed by atoms with E-state index in [4.69, 9.17) is 14.2 Å². The molecule has 1 unspecified atom stereocenters. The lowest BCUT2D eigenvalue weighted by molar-refractivity contribution is -0.140. The van der Waals surface area contributed by atoms with E-state index in [0.717, 1.165) is 37.9 Å². The van der Waals surface area contributed by atoms with Crippen LogP contribution in [0.15, 0.2) is 42.0 Å². The Kier molecular flexibility index (Phi) is 11.4. The number of aryl methyl sites for hydroxylation is 1. The predicted octanol–water partition coefficient (Wildman–Crippen LogP) is 5.73. The first-order valence-electron chi connectivity index (χ1n) is 14.4. The molecule has 0 spiro atoms. The van der Waals surface area contributed by atoms with Crippen LogP contribution in [0.25, 0.3) is 5.76 Å². The summed E-state index contributed by atoms with van der Waals surface area (Å²) < 4.78 is 17.2. The second-order valence-corrected chi connectivity index (χ2v) is 9.90. The van der Waals surface area contributed by atoms with Crippen molar-refractivity contribution in [2.75, 3.05) is 46.5 Å². The number of hydrogen-bond donors (Lipinski definition) is 1. The fourth-order valence-electron chi connectivity index (χ4n) is 5.02. The summed E-state index contributed by atoms with van der Waals surface area (Å²) in [5.41, 5.74) is 2.01. The molecule has 40 heavy (non-hydrogen) atoms. The molecule has 3 rings (SSSR count). The summed E-state index contributed by atoms with van der Waals surface area (Å²) in [6, 6.07) is 9.93. The number of likely N-dealkylation sites (N-methyl/N-ethyl adjacent to an activating group) is 1. The van der Waals surface area contributed by atoms with Crippen molar-refractivity contribution in [2.45, 2.75) is 59.9 Å². The fraction of sp³-hybridized carbons (Fsp3) is 0.500. The number of carbonyl (C=O) groups is 2. The van der Waals surface area contributed by atoms with E-state index < -0.39 is 17.7 Å². The van der Waals surface area contributed by atoms with Crippen molar-refractivity contribution in [2.24, 2.45) is 0 Å². The van der Waals surface area contributed by atoms with Crippen LogP contribution in [0.3, 0.4) is 0 Å². The van der Waals surface area contributed by atoms with Crippen LogP contribution in [0.1, 0.15) is 69.7 Å². The van der Waals surface area contributed by atoms with Gasteiger partial charge in [0.05, 0.1) is 31.9 Å². The Morgan fingerprint density at radius 3 is 2.30 bits per heavy atom. The van der Waals surface area contributed by atoms with Gasteiger partial charge >= 0.3 is 0 Å². The summed E-state index contributed by atoms with van der Waals surface area (Å²) in [5, 5.41) is 11.5. The molecule has 1 atom stereocenters. The van der Waals surface area contributed by atoms with Gasteiger partial charge in [-0.05, 0) is 74.8 Å². The van der Waals surface area contributed by atoms with Gasteiger partial charge in [0, 0.05) is 18.7 Å². The van der Waals surface area contributed by atoms with Gasteiger partial charge < -0.3 is 29.1 Å². The monoisotopic (exact) mass is 552 g/mol. The molecular weight excluding hydrogens is 508 g/mol. The van der Waals surface area contributed by atoms with E-state index in [1.54, 1.807) is 36.3 Å². The molecule has 0 radical (unpaired) electrons. The number of aliphatic hydroxyl groups is 1. The summed E-state index contributed by atoms with van der Waals surface area (Å²) in [7, 11) is 1.57. The number of methoxy groups -OCH3 is 1. The minimum absolute atomic E-state index is 0.0618. The smallest absolute Gasteiger partial charge is 0.295 e. The van der Waals surface area contributed by atoms with Gasteiger partial charge in [-0.3, -0.25) is 9.59 Å². The molecule has 0 aliphatic carbocycles. The van der Waals surface area contributed by atoms with Gasteiger partial charge in [0.15, 0.2) is 11.5 Å². The molecule has 1 fully saturated rings. The molecule has 1 aliphatic rings. The summed E-state index contributed by atoms with van der Waals surface area (Å²) in [6.45, 7) is 13.7. The van der Waals surface area contributed by atoms with Gasteiger partial charge in [-0.25, -0.2) is 0 Å². The van der Waals surface area contributed by atoms with Crippen molar-refractivity contribution >= 4 is 17.4 Å². The number of aliphatic hydroxyl groups excluding tert-OH is 1. The van der Waals surface area contributed by atoms with Crippen molar-refractivity contribution < 1.29 is 28.9 Å². The van der Waals surface area contributed by atoms with Crippen LogP contribution in [0.4, 0.5) is 0 Å². The number of hydrogen-bond acceptors (Lipinski definition) is 7. The fourth-order valence-corrected chi connectivity index (χ4v) is 5.02. The molecule has 1 saturated heterocycles. The maximum absolute atomic E-state index is 13.5. The topological polar surface area (TPSA) is 88.5 Å². The zero-order valence-corrected chi connectivity index (χ0v) is 24.8. The maximum atomic E-state index is 13.5. The van der Waals surface area contributed by atoms with Crippen LogP contribution in [-0.2, 0) is 9.59 Å². The largest absolute Gasteiger partial charge is 0.507 e. The first-order valence-corrected chi connectivity index (χ1v) is 14.4. The Labute approximate surface area is 238 Å². The number of benzene rings is 2. The Hall–Kier alpha value is -3.52. The number of Topliss-reactive ketones (excluding diaryl/α,β-unsaturated/α-hetero) is 1. The highest BCUT2D eigenvalue weighted by Crippen LogP contribution is 2.42. The Morgan fingerprint density at radius 2 is 1.68 bits per heavy atom. The molecule has 8 nitrogen and oxygen atoms in total. The van der Waals surface area contributed by atoms with Crippen molar-refractivity contribution in [1.82, 2.24) is 9.80 Å². The lowest BCUT2D eigenvalue weighted by Gasteiger charge is -2.28. The molecule has 0 aromatic heterocycles. The van der Waals surface area contributed by atoms with Crippen LogP contribution in [0, 0.1) is 6.92 Å². The first-order chi connectivity index (χ1) is 19.3. The van der Waals surface area contributed by atoms with Crippen LogP contribution in [0.5, 0.6) is 17.2 Å². The predicted molar refractivity (Wildman–Crippen MR) is 157 cm³/mol. The van der Waals surface area contributed by atoms with Gasteiger partial charge in [-0.1, -0.05) is 39.7 Å². The third kappa shape index (κ3) is 6.97. The van der Waals surface area contributed by atoms with E-state index in [0.29, 0.717) is 54.7 Å². The maximum Gasteiger partial charge on any atom is 0.295 e. The number of carbonyl (C=O) groups excluding carboxylic acids is 2. The van der Waals surface area contributed by atoms with E-state index in [2.05, 4.69) is 25.7 Å². The molecule has 1 aliphatic heterocycles. The van der Waals surface area contributed by atoms with Crippen molar-refractivity contribution in [3.05, 3.63) is 58.7 Å². The zero-order valence-electron chi connectivity index (χ0n) is 24.8. The molecule has 218 valence electrons. The third-order valence-electron chi connectivity index (χ3n) is 7.35. The van der Waals surface area contributed by atoms with Crippen LogP contribution >= 0.6 is 0 Å². The van der Waals surface area contributed by atoms with Gasteiger partial charge in [0.1, 0.15) is 11.5 Å². The van der Waals surface area contributed by atoms with E-state index in [-0.39, 0.29) is 11.3 Å². The third-order valence-corrected chi connectivity index (χ3v) is 7.35. The van der Waals surface area contributed by atoms with E-state index in [1.807, 2.05) is 26.0 Å². The minimum Gasteiger partial charge on any atom is -0.507 e. The second kappa shape index (κ2) is 14.7. The number of rotatable bonds is 15. The average molecular weight is 553 g/mol. The first kappa shape index (κ1) is 31.0. The summed E-state index contributed by atoms with van der Waals surface area (Å²) in [5.74, 6) is 0.283. The Balaban J connectivity index is 2.09. The molecule has 8 heteroatoms. The Morgan fingerprint density at radius 1 is 0.950 bits per heavy atom. The van der Waals surface area contributed by atoms with Gasteiger partial charge in [-0.2, -0.15) is 0 Å². The van der Waals surface area contributed by atoms with Crippen LogP contribution in [0.2, 0.25) is 0 Å². The zero-order chi connectivity index (χ0) is 29.2. The number of likely N-dealkylation sites (tertiary alicyclic amines) is 1.